The highest BCUT2D eigenvalue weighted by atomic mass is 32.2. The van der Waals surface area contributed by atoms with Crippen LogP contribution in [0.2, 0.25) is 0 Å². The standard InChI is InChI=1S/C20H26NO7PS/c1-15(2)27-20(22)17(4)21-29(23,28-18-8-6-5-7-9-18)14-26-30(24,25)19-12-10-16(3)11-13-19/h5-13,15,17H,14H2,1-4H3,(H,21,23). The Hall–Kier alpha value is -2.19. The largest absolute Gasteiger partial charge is 0.462 e. The van der Waals surface area contributed by atoms with E-state index >= 15 is 0 Å². The predicted octanol–water partition coefficient (Wildman–Crippen LogP) is 3.86. The van der Waals surface area contributed by atoms with Gasteiger partial charge < -0.3 is 9.26 Å². The van der Waals surface area contributed by atoms with Crippen molar-refractivity contribution in [2.24, 2.45) is 0 Å². The molecule has 10 heteroatoms. The van der Waals surface area contributed by atoms with Crippen molar-refractivity contribution in [3.05, 3.63) is 60.2 Å². The molecule has 0 saturated carbocycles. The van der Waals surface area contributed by atoms with E-state index in [9.17, 15) is 17.8 Å². The van der Waals surface area contributed by atoms with Crippen molar-refractivity contribution in [2.45, 2.75) is 44.7 Å². The highest BCUT2D eigenvalue weighted by Gasteiger charge is 2.33. The lowest BCUT2D eigenvalue weighted by atomic mass is 10.2. The Morgan fingerprint density at radius 2 is 1.63 bits per heavy atom. The van der Waals surface area contributed by atoms with E-state index in [1.165, 1.54) is 19.1 Å². The van der Waals surface area contributed by atoms with E-state index in [0.29, 0.717) is 0 Å². The molecule has 8 nitrogen and oxygen atoms in total. The molecule has 0 aromatic heterocycles. The SMILES string of the molecule is Cc1ccc(S(=O)(=O)OCP(=O)(NC(C)C(=O)OC(C)C)Oc2ccccc2)cc1. The zero-order valence-electron chi connectivity index (χ0n) is 17.3. The molecule has 0 bridgehead atoms. The van der Waals surface area contributed by atoms with Crippen LogP contribution in [0, 0.1) is 6.92 Å². The van der Waals surface area contributed by atoms with E-state index in [0.717, 1.165) is 5.56 Å². The third-order valence-electron chi connectivity index (χ3n) is 3.78. The van der Waals surface area contributed by atoms with Crippen molar-refractivity contribution >= 4 is 23.6 Å². The highest BCUT2D eigenvalue weighted by molar-refractivity contribution is 7.87. The van der Waals surface area contributed by atoms with Crippen LogP contribution >= 0.6 is 7.52 Å². The molecule has 0 aliphatic rings. The summed E-state index contributed by atoms with van der Waals surface area (Å²) >= 11 is 0. The molecular formula is C20H26NO7PS. The Bertz CT molecular complexity index is 992. The van der Waals surface area contributed by atoms with Crippen LogP contribution in [0.25, 0.3) is 0 Å². The Morgan fingerprint density at radius 1 is 1.03 bits per heavy atom. The van der Waals surface area contributed by atoms with Crippen LogP contribution in [0.1, 0.15) is 26.3 Å². The van der Waals surface area contributed by atoms with Crippen molar-refractivity contribution in [3.8, 4) is 5.75 Å². The van der Waals surface area contributed by atoms with Gasteiger partial charge in [-0.3, -0.25) is 13.5 Å². The van der Waals surface area contributed by atoms with Gasteiger partial charge >= 0.3 is 13.5 Å². The van der Waals surface area contributed by atoms with Crippen molar-refractivity contribution in [2.75, 3.05) is 6.35 Å². The van der Waals surface area contributed by atoms with E-state index in [2.05, 4.69) is 5.09 Å². The minimum atomic E-state index is -4.19. The fraction of sp³-hybridized carbons (Fsp3) is 0.350. The van der Waals surface area contributed by atoms with Gasteiger partial charge in [-0.25, -0.2) is 5.09 Å². The van der Waals surface area contributed by atoms with Crippen LogP contribution in [-0.2, 0) is 28.4 Å². The van der Waals surface area contributed by atoms with Gasteiger partial charge in [0.25, 0.3) is 10.1 Å². The van der Waals surface area contributed by atoms with Gasteiger partial charge in [-0.1, -0.05) is 35.9 Å². The van der Waals surface area contributed by atoms with Gasteiger partial charge in [-0.2, -0.15) is 8.42 Å². The van der Waals surface area contributed by atoms with E-state index in [1.807, 2.05) is 6.92 Å². The molecule has 2 aromatic rings. The third-order valence-corrected chi connectivity index (χ3v) is 6.99. The number of nitrogens with one attached hydrogen (secondary N) is 1. The number of para-hydroxylation sites is 1. The average molecular weight is 455 g/mol. The minimum absolute atomic E-state index is 0.0772. The summed E-state index contributed by atoms with van der Waals surface area (Å²) < 4.78 is 54.0. The van der Waals surface area contributed by atoms with Crippen molar-refractivity contribution in [1.82, 2.24) is 5.09 Å². The molecule has 0 fully saturated rings. The van der Waals surface area contributed by atoms with Crippen molar-refractivity contribution in [3.63, 3.8) is 0 Å². The minimum Gasteiger partial charge on any atom is -0.462 e. The molecule has 2 atom stereocenters. The third kappa shape index (κ3) is 7.25. The molecule has 2 unspecified atom stereocenters. The van der Waals surface area contributed by atoms with Crippen LogP contribution < -0.4 is 9.61 Å². The van der Waals surface area contributed by atoms with Gasteiger partial charge in [0.2, 0.25) is 0 Å². The first-order chi connectivity index (χ1) is 14.0. The van der Waals surface area contributed by atoms with Gasteiger partial charge in [-0.15, -0.1) is 0 Å². The number of hydrogen-bond acceptors (Lipinski definition) is 7. The van der Waals surface area contributed by atoms with E-state index < -0.39 is 36.0 Å². The van der Waals surface area contributed by atoms with Crippen LogP contribution in [0.3, 0.4) is 0 Å². The normalized spacial score (nSPS) is 14.7. The second-order valence-electron chi connectivity index (χ2n) is 6.93. The van der Waals surface area contributed by atoms with E-state index in [1.54, 1.807) is 56.3 Å². The maximum Gasteiger partial charge on any atom is 0.344 e. The van der Waals surface area contributed by atoms with Crippen LogP contribution in [0.5, 0.6) is 5.75 Å². The number of aryl methyl sites for hydroxylation is 1. The first-order valence-corrected chi connectivity index (χ1v) is 12.5. The van der Waals surface area contributed by atoms with Crippen LogP contribution in [0.15, 0.2) is 59.5 Å². The Labute approximate surface area is 177 Å². The van der Waals surface area contributed by atoms with E-state index in [-0.39, 0.29) is 16.7 Å². The summed E-state index contributed by atoms with van der Waals surface area (Å²) in [6, 6.07) is 13.2. The molecular weight excluding hydrogens is 429 g/mol. The fourth-order valence-electron chi connectivity index (χ4n) is 2.34. The van der Waals surface area contributed by atoms with Crippen molar-refractivity contribution < 1.29 is 31.2 Å². The van der Waals surface area contributed by atoms with Crippen molar-refractivity contribution in [1.29, 1.82) is 0 Å². The molecule has 0 radical (unpaired) electrons. The fourth-order valence-corrected chi connectivity index (χ4v) is 5.39. The number of ether oxygens (including phenoxy) is 1. The summed E-state index contributed by atoms with van der Waals surface area (Å²) in [7, 11) is -8.16. The summed E-state index contributed by atoms with van der Waals surface area (Å²) in [4.78, 5) is 12.0. The first kappa shape index (κ1) is 24.1. The second-order valence-corrected chi connectivity index (χ2v) is 10.6. The van der Waals surface area contributed by atoms with Gasteiger partial charge in [0.1, 0.15) is 11.8 Å². The molecule has 30 heavy (non-hydrogen) atoms. The lowest BCUT2D eigenvalue weighted by Gasteiger charge is -2.23. The van der Waals surface area contributed by atoms with Gasteiger partial charge in [0, 0.05) is 0 Å². The van der Waals surface area contributed by atoms with Crippen LogP contribution in [0.4, 0.5) is 0 Å². The molecule has 0 aliphatic heterocycles. The lowest BCUT2D eigenvalue weighted by Crippen LogP contribution is -2.36. The molecule has 2 aromatic carbocycles. The predicted molar refractivity (Wildman–Crippen MR) is 113 cm³/mol. The van der Waals surface area contributed by atoms with Crippen LogP contribution in [-0.4, -0.2) is 32.9 Å². The zero-order valence-corrected chi connectivity index (χ0v) is 19.0. The summed E-state index contributed by atoms with van der Waals surface area (Å²) in [6.45, 7) is 6.63. The number of carbonyl (C=O) groups is 1. The number of carbonyl (C=O) groups excluding carboxylic acids is 1. The first-order valence-electron chi connectivity index (χ1n) is 9.29. The van der Waals surface area contributed by atoms with Gasteiger partial charge in [-0.05, 0) is 52.0 Å². The zero-order chi connectivity index (χ0) is 22.4. The Morgan fingerprint density at radius 3 is 2.20 bits per heavy atom. The smallest absolute Gasteiger partial charge is 0.344 e. The maximum absolute atomic E-state index is 13.4. The summed E-state index contributed by atoms with van der Waals surface area (Å²) in [5.41, 5.74) is 0.881. The summed E-state index contributed by atoms with van der Waals surface area (Å²) in [6.07, 6.45) is -1.17. The topological polar surface area (TPSA) is 108 Å². The number of esters is 1. The molecule has 0 saturated heterocycles. The number of rotatable bonds is 10. The molecule has 0 amide bonds. The monoisotopic (exact) mass is 455 g/mol. The molecule has 0 spiro atoms. The Kier molecular flexibility index (Phi) is 8.20. The maximum atomic E-state index is 13.4. The second kappa shape index (κ2) is 10.2. The quantitative estimate of drug-likeness (QED) is 0.327. The van der Waals surface area contributed by atoms with Gasteiger partial charge in [0.05, 0.1) is 11.0 Å². The molecule has 2 rings (SSSR count). The van der Waals surface area contributed by atoms with Gasteiger partial charge in [0.15, 0.2) is 6.35 Å². The lowest BCUT2D eigenvalue weighted by molar-refractivity contribution is -0.149. The summed E-state index contributed by atoms with van der Waals surface area (Å²) in [5, 5.41) is 2.55. The molecule has 0 aliphatic carbocycles. The highest BCUT2D eigenvalue weighted by Crippen LogP contribution is 2.44. The number of benzene rings is 2. The molecule has 1 N–H and O–H groups in total. The molecule has 0 heterocycles. The summed E-state index contributed by atoms with van der Waals surface area (Å²) in [5.74, 6) is -0.419. The Balaban J connectivity index is 2.21. The van der Waals surface area contributed by atoms with E-state index in [4.69, 9.17) is 13.4 Å². The molecule has 164 valence electrons. The number of hydrogen-bond donors (Lipinski definition) is 1. The average Bonchev–Trinajstić information content (AvgIpc) is 2.67.